The highest BCUT2D eigenvalue weighted by Crippen LogP contribution is 2.21. The van der Waals surface area contributed by atoms with Gasteiger partial charge in [-0.2, -0.15) is 0 Å². The Kier molecular flexibility index (Phi) is 3.45. The van der Waals surface area contributed by atoms with Crippen LogP contribution in [0.15, 0.2) is 18.5 Å². The first kappa shape index (κ1) is 12.3. The van der Waals surface area contributed by atoms with Gasteiger partial charge in [-0.1, -0.05) is 0 Å². The molecule has 1 aliphatic heterocycles. The lowest BCUT2D eigenvalue weighted by atomic mass is 9.97. The number of pyridine rings is 1. The fraction of sp³-hybridized carbons (Fsp3) is 0.417. The monoisotopic (exact) mass is 249 g/mol. The fourth-order valence-electron chi connectivity index (χ4n) is 2.13. The minimum atomic E-state index is -0.383. The van der Waals surface area contributed by atoms with Crippen LogP contribution in [0.25, 0.3) is 0 Å². The van der Waals surface area contributed by atoms with Gasteiger partial charge in [0.25, 0.3) is 5.91 Å². The topological polar surface area (TPSA) is 96.5 Å². The summed E-state index contributed by atoms with van der Waals surface area (Å²) in [5, 5.41) is 9.59. The van der Waals surface area contributed by atoms with Crippen molar-refractivity contribution in [2.24, 2.45) is 11.7 Å². The molecule has 0 aromatic carbocycles. The summed E-state index contributed by atoms with van der Waals surface area (Å²) >= 11 is 0. The molecule has 1 aliphatic rings. The van der Waals surface area contributed by atoms with E-state index in [0.717, 1.165) is 6.42 Å². The van der Waals surface area contributed by atoms with Crippen LogP contribution in [0, 0.1) is 5.92 Å². The van der Waals surface area contributed by atoms with Gasteiger partial charge in [0, 0.05) is 19.3 Å². The number of nitrogens with two attached hydrogens (primary N) is 1. The molecule has 0 aliphatic carbocycles. The van der Waals surface area contributed by atoms with E-state index in [2.05, 4.69) is 4.98 Å². The molecule has 2 heterocycles. The highest BCUT2D eigenvalue weighted by molar-refractivity contribution is 5.97. The van der Waals surface area contributed by atoms with Crippen molar-refractivity contribution in [1.29, 1.82) is 0 Å². The lowest BCUT2D eigenvalue weighted by Crippen LogP contribution is -2.44. The number of amides is 2. The Balaban J connectivity index is 2.14. The lowest BCUT2D eigenvalue weighted by molar-refractivity contribution is -0.123. The van der Waals surface area contributed by atoms with Crippen molar-refractivity contribution in [2.45, 2.75) is 12.8 Å². The zero-order valence-corrected chi connectivity index (χ0v) is 9.87. The van der Waals surface area contributed by atoms with Crippen molar-refractivity contribution in [3.63, 3.8) is 0 Å². The van der Waals surface area contributed by atoms with Crippen molar-refractivity contribution in [2.75, 3.05) is 13.1 Å². The van der Waals surface area contributed by atoms with Gasteiger partial charge in [-0.05, 0) is 18.9 Å². The number of nitrogens with zero attached hydrogens (tertiary/aromatic N) is 2. The smallest absolute Gasteiger partial charge is 0.257 e. The van der Waals surface area contributed by atoms with Gasteiger partial charge in [-0.3, -0.25) is 14.6 Å². The first-order valence-corrected chi connectivity index (χ1v) is 5.81. The first-order valence-electron chi connectivity index (χ1n) is 5.81. The third-order valence-corrected chi connectivity index (χ3v) is 3.14. The highest BCUT2D eigenvalue weighted by atomic mass is 16.3. The maximum atomic E-state index is 12.2. The third-order valence-electron chi connectivity index (χ3n) is 3.14. The van der Waals surface area contributed by atoms with Gasteiger partial charge < -0.3 is 15.7 Å². The molecule has 2 amide bonds. The van der Waals surface area contributed by atoms with E-state index in [1.54, 1.807) is 4.90 Å². The zero-order chi connectivity index (χ0) is 13.1. The standard InChI is InChI=1S/C12H15N3O3/c13-11(17)8-2-1-5-15(7-8)12(18)9-3-4-14-6-10(9)16/h3-4,6,8,16H,1-2,5,7H2,(H2,13,17). The Morgan fingerprint density at radius 2 is 2.28 bits per heavy atom. The molecule has 1 unspecified atom stereocenters. The molecular formula is C12H15N3O3. The summed E-state index contributed by atoms with van der Waals surface area (Å²) in [5.74, 6) is -1.12. The van der Waals surface area contributed by atoms with Gasteiger partial charge in [-0.15, -0.1) is 0 Å². The first-order chi connectivity index (χ1) is 8.59. The maximum absolute atomic E-state index is 12.2. The van der Waals surface area contributed by atoms with E-state index in [1.807, 2.05) is 0 Å². The molecule has 1 atom stereocenters. The predicted octanol–water partition coefficient (Wildman–Crippen LogP) is 0.125. The Hall–Kier alpha value is -2.11. The van der Waals surface area contributed by atoms with E-state index in [4.69, 9.17) is 5.73 Å². The lowest BCUT2D eigenvalue weighted by Gasteiger charge is -2.31. The molecule has 1 aromatic heterocycles. The average Bonchev–Trinajstić information content (AvgIpc) is 2.38. The molecule has 18 heavy (non-hydrogen) atoms. The summed E-state index contributed by atoms with van der Waals surface area (Å²) in [6.07, 6.45) is 4.12. The maximum Gasteiger partial charge on any atom is 0.257 e. The van der Waals surface area contributed by atoms with E-state index >= 15 is 0 Å². The van der Waals surface area contributed by atoms with Gasteiger partial charge in [0.1, 0.15) is 5.75 Å². The normalized spacial score (nSPS) is 19.6. The molecule has 6 nitrogen and oxygen atoms in total. The summed E-state index contributed by atoms with van der Waals surface area (Å²) < 4.78 is 0. The van der Waals surface area contributed by atoms with Crippen LogP contribution < -0.4 is 5.73 Å². The largest absolute Gasteiger partial charge is 0.505 e. The number of piperidine rings is 1. The summed E-state index contributed by atoms with van der Waals surface area (Å²) in [4.78, 5) is 28.6. The zero-order valence-electron chi connectivity index (χ0n) is 9.87. The molecule has 0 radical (unpaired) electrons. The Labute approximate surface area is 104 Å². The molecule has 0 saturated carbocycles. The van der Waals surface area contributed by atoms with Crippen molar-refractivity contribution >= 4 is 11.8 Å². The number of carbonyl (C=O) groups excluding carboxylic acids is 2. The quantitative estimate of drug-likeness (QED) is 0.778. The molecule has 1 aromatic rings. The molecule has 1 saturated heterocycles. The number of primary amides is 1. The van der Waals surface area contributed by atoms with Crippen molar-refractivity contribution in [3.05, 3.63) is 24.0 Å². The molecule has 96 valence electrons. The number of hydrogen-bond donors (Lipinski definition) is 2. The predicted molar refractivity (Wildman–Crippen MR) is 63.7 cm³/mol. The van der Waals surface area contributed by atoms with E-state index in [-0.39, 0.29) is 29.0 Å². The fourth-order valence-corrected chi connectivity index (χ4v) is 2.13. The summed E-state index contributed by atoms with van der Waals surface area (Å²) in [6, 6.07) is 1.46. The number of aromatic hydroxyl groups is 1. The molecule has 6 heteroatoms. The van der Waals surface area contributed by atoms with Crippen LogP contribution in [-0.2, 0) is 4.79 Å². The van der Waals surface area contributed by atoms with Crippen molar-refractivity contribution in [1.82, 2.24) is 9.88 Å². The summed E-state index contributed by atoms with van der Waals surface area (Å²) in [5.41, 5.74) is 5.47. The van der Waals surface area contributed by atoms with E-state index < -0.39 is 0 Å². The second-order valence-corrected chi connectivity index (χ2v) is 4.39. The SMILES string of the molecule is NC(=O)C1CCCN(C(=O)c2ccncc2O)C1. The molecule has 3 N–H and O–H groups in total. The van der Waals surface area contributed by atoms with Crippen LogP contribution in [0.5, 0.6) is 5.75 Å². The van der Waals surface area contributed by atoms with E-state index in [1.165, 1.54) is 18.5 Å². The number of rotatable bonds is 2. The number of carbonyl (C=O) groups is 2. The molecule has 0 spiro atoms. The Bertz CT molecular complexity index is 475. The summed E-state index contributed by atoms with van der Waals surface area (Å²) in [6.45, 7) is 0.889. The second-order valence-electron chi connectivity index (χ2n) is 4.39. The van der Waals surface area contributed by atoms with Crippen LogP contribution in [0.3, 0.4) is 0 Å². The van der Waals surface area contributed by atoms with Crippen LogP contribution in [0.4, 0.5) is 0 Å². The van der Waals surface area contributed by atoms with E-state index in [0.29, 0.717) is 19.5 Å². The van der Waals surface area contributed by atoms with Crippen LogP contribution in [0.2, 0.25) is 0 Å². The van der Waals surface area contributed by atoms with Crippen LogP contribution in [-0.4, -0.2) is 39.9 Å². The minimum Gasteiger partial charge on any atom is -0.505 e. The molecular weight excluding hydrogens is 234 g/mol. The van der Waals surface area contributed by atoms with Gasteiger partial charge in [0.15, 0.2) is 0 Å². The molecule has 2 rings (SSSR count). The van der Waals surface area contributed by atoms with Crippen LogP contribution in [0.1, 0.15) is 23.2 Å². The Morgan fingerprint density at radius 1 is 1.50 bits per heavy atom. The van der Waals surface area contributed by atoms with Crippen molar-refractivity contribution in [3.8, 4) is 5.75 Å². The number of likely N-dealkylation sites (tertiary alicyclic amines) is 1. The molecule has 0 bridgehead atoms. The second kappa shape index (κ2) is 5.03. The highest BCUT2D eigenvalue weighted by Gasteiger charge is 2.28. The molecule has 1 fully saturated rings. The van der Waals surface area contributed by atoms with Crippen molar-refractivity contribution < 1.29 is 14.7 Å². The third kappa shape index (κ3) is 2.42. The average molecular weight is 249 g/mol. The Morgan fingerprint density at radius 3 is 2.94 bits per heavy atom. The van der Waals surface area contributed by atoms with Gasteiger partial charge in [0.05, 0.1) is 17.7 Å². The van der Waals surface area contributed by atoms with Crippen LogP contribution >= 0.6 is 0 Å². The van der Waals surface area contributed by atoms with Gasteiger partial charge >= 0.3 is 0 Å². The van der Waals surface area contributed by atoms with E-state index in [9.17, 15) is 14.7 Å². The number of hydrogen-bond acceptors (Lipinski definition) is 4. The van der Waals surface area contributed by atoms with Gasteiger partial charge in [-0.25, -0.2) is 0 Å². The summed E-state index contributed by atoms with van der Waals surface area (Å²) in [7, 11) is 0. The van der Waals surface area contributed by atoms with Gasteiger partial charge in [0.2, 0.25) is 5.91 Å². The number of aromatic nitrogens is 1. The minimum absolute atomic E-state index is 0.149.